The Hall–Kier alpha value is -3.12. The molecule has 1 atom stereocenters. The largest absolute Gasteiger partial charge is 0.305 e. The van der Waals surface area contributed by atoms with Crippen LogP contribution in [-0.4, -0.2) is 27.4 Å². The summed E-state index contributed by atoms with van der Waals surface area (Å²) >= 11 is 0. The van der Waals surface area contributed by atoms with Gasteiger partial charge in [0.15, 0.2) is 0 Å². The Morgan fingerprint density at radius 1 is 0.966 bits per heavy atom. The Kier molecular flexibility index (Phi) is 4.88. The van der Waals surface area contributed by atoms with E-state index in [1.807, 2.05) is 31.2 Å². The summed E-state index contributed by atoms with van der Waals surface area (Å²) in [5.74, 6) is -0.0751. The zero-order valence-electron chi connectivity index (χ0n) is 16.3. The summed E-state index contributed by atoms with van der Waals surface area (Å²) in [6.07, 6.45) is 0.617. The summed E-state index contributed by atoms with van der Waals surface area (Å²) in [5.41, 5.74) is 2.85. The number of amides is 1. The number of para-hydroxylation sites is 1. The Morgan fingerprint density at radius 2 is 1.59 bits per heavy atom. The van der Waals surface area contributed by atoms with Gasteiger partial charge in [-0.15, -0.1) is 0 Å². The first-order chi connectivity index (χ1) is 13.9. The maximum absolute atomic E-state index is 13.1. The van der Waals surface area contributed by atoms with Crippen LogP contribution >= 0.6 is 0 Å². The number of nitrogens with zero attached hydrogens (tertiary/aromatic N) is 2. The van der Waals surface area contributed by atoms with Crippen LogP contribution in [0.2, 0.25) is 0 Å². The van der Waals surface area contributed by atoms with Gasteiger partial charge in [0.1, 0.15) is 0 Å². The van der Waals surface area contributed by atoms with Crippen LogP contribution in [0.3, 0.4) is 0 Å². The lowest BCUT2D eigenvalue weighted by molar-refractivity contribution is 0.0981. The molecule has 1 heterocycles. The number of benzene rings is 3. The van der Waals surface area contributed by atoms with Crippen molar-refractivity contribution in [1.29, 1.82) is 0 Å². The third-order valence-electron chi connectivity index (χ3n) is 5.28. The van der Waals surface area contributed by atoms with Crippen molar-refractivity contribution in [3.05, 3.63) is 90.0 Å². The van der Waals surface area contributed by atoms with Crippen LogP contribution < -0.4 is 9.21 Å². The van der Waals surface area contributed by atoms with Gasteiger partial charge in [0, 0.05) is 24.3 Å². The smallest absolute Gasteiger partial charge is 0.264 e. The zero-order valence-corrected chi connectivity index (χ0v) is 17.1. The van der Waals surface area contributed by atoms with Crippen LogP contribution in [0.25, 0.3) is 0 Å². The predicted molar refractivity (Wildman–Crippen MR) is 115 cm³/mol. The van der Waals surface area contributed by atoms with Gasteiger partial charge in [0.2, 0.25) is 0 Å². The van der Waals surface area contributed by atoms with Crippen molar-refractivity contribution >= 4 is 27.3 Å². The standard InChI is InChI=1S/C23H22N2O3S/c1-17-15-19-16-21(29(27,28)24(2)20-11-7-4-8-12-20)13-14-22(19)25(17)23(26)18-9-5-3-6-10-18/h3-14,16-17H,15H2,1-2H3/t17-/m0/s1. The first-order valence-corrected chi connectivity index (χ1v) is 10.9. The van der Waals surface area contributed by atoms with E-state index in [-0.39, 0.29) is 16.8 Å². The van der Waals surface area contributed by atoms with E-state index >= 15 is 0 Å². The van der Waals surface area contributed by atoms with Gasteiger partial charge < -0.3 is 4.90 Å². The molecule has 5 nitrogen and oxygen atoms in total. The van der Waals surface area contributed by atoms with Crippen LogP contribution in [-0.2, 0) is 16.4 Å². The van der Waals surface area contributed by atoms with Gasteiger partial charge >= 0.3 is 0 Å². The number of rotatable bonds is 4. The van der Waals surface area contributed by atoms with E-state index in [9.17, 15) is 13.2 Å². The number of carbonyl (C=O) groups is 1. The summed E-state index contributed by atoms with van der Waals surface area (Å²) in [4.78, 5) is 15.0. The molecule has 0 fully saturated rings. The molecular formula is C23H22N2O3S. The molecule has 0 bridgehead atoms. The lowest BCUT2D eigenvalue weighted by atomic mass is 10.1. The van der Waals surface area contributed by atoms with E-state index < -0.39 is 10.0 Å². The Morgan fingerprint density at radius 3 is 2.24 bits per heavy atom. The molecule has 1 aliphatic rings. The Balaban J connectivity index is 1.68. The number of hydrogen-bond donors (Lipinski definition) is 0. The number of hydrogen-bond acceptors (Lipinski definition) is 3. The molecule has 0 unspecified atom stereocenters. The first-order valence-electron chi connectivity index (χ1n) is 9.45. The summed E-state index contributed by atoms with van der Waals surface area (Å²) in [6, 6.07) is 23.1. The third kappa shape index (κ3) is 3.40. The highest BCUT2D eigenvalue weighted by molar-refractivity contribution is 7.92. The molecule has 0 aliphatic carbocycles. The maximum atomic E-state index is 13.1. The van der Waals surface area contributed by atoms with Gasteiger partial charge in [-0.1, -0.05) is 36.4 Å². The molecule has 3 aromatic carbocycles. The van der Waals surface area contributed by atoms with Gasteiger partial charge in [-0.3, -0.25) is 9.10 Å². The molecule has 6 heteroatoms. The van der Waals surface area contributed by atoms with Crippen LogP contribution in [0, 0.1) is 0 Å². The molecule has 0 aromatic heterocycles. The van der Waals surface area contributed by atoms with E-state index in [2.05, 4.69) is 0 Å². The molecule has 1 amide bonds. The SMILES string of the molecule is C[C@H]1Cc2cc(S(=O)(=O)N(C)c3ccccc3)ccc2N1C(=O)c1ccccc1. The van der Waals surface area contributed by atoms with Crippen LogP contribution in [0.15, 0.2) is 83.8 Å². The Bertz CT molecular complexity index is 1150. The van der Waals surface area contributed by atoms with Crippen molar-refractivity contribution in [2.75, 3.05) is 16.3 Å². The van der Waals surface area contributed by atoms with Gasteiger partial charge in [-0.25, -0.2) is 8.42 Å². The van der Waals surface area contributed by atoms with Gasteiger partial charge in [-0.05, 0) is 61.4 Å². The molecule has 0 spiro atoms. The summed E-state index contributed by atoms with van der Waals surface area (Å²) < 4.78 is 27.5. The highest BCUT2D eigenvalue weighted by Crippen LogP contribution is 2.35. The molecule has 0 radical (unpaired) electrons. The second kappa shape index (κ2) is 7.37. The molecule has 1 aliphatic heterocycles. The molecule has 0 N–H and O–H groups in total. The highest BCUT2D eigenvalue weighted by Gasteiger charge is 2.33. The predicted octanol–water partition coefficient (Wildman–Crippen LogP) is 4.10. The number of anilines is 2. The maximum Gasteiger partial charge on any atom is 0.264 e. The molecule has 29 heavy (non-hydrogen) atoms. The van der Waals surface area contributed by atoms with Gasteiger partial charge in [0.05, 0.1) is 10.6 Å². The monoisotopic (exact) mass is 406 g/mol. The van der Waals surface area contributed by atoms with E-state index in [0.29, 0.717) is 17.7 Å². The number of sulfonamides is 1. The molecule has 148 valence electrons. The molecule has 0 saturated heterocycles. The fraction of sp³-hybridized carbons (Fsp3) is 0.174. The van der Waals surface area contributed by atoms with Crippen LogP contribution in [0.1, 0.15) is 22.8 Å². The minimum Gasteiger partial charge on any atom is -0.305 e. The minimum absolute atomic E-state index is 0.0393. The minimum atomic E-state index is -3.69. The second-order valence-electron chi connectivity index (χ2n) is 7.19. The van der Waals surface area contributed by atoms with Gasteiger partial charge in [0.25, 0.3) is 15.9 Å². The quantitative estimate of drug-likeness (QED) is 0.655. The molecular weight excluding hydrogens is 384 g/mol. The average Bonchev–Trinajstić information content (AvgIpc) is 3.08. The summed E-state index contributed by atoms with van der Waals surface area (Å²) in [7, 11) is -2.14. The normalized spacial score (nSPS) is 15.8. The van der Waals surface area contributed by atoms with E-state index in [1.54, 1.807) is 66.5 Å². The fourth-order valence-electron chi connectivity index (χ4n) is 3.73. The third-order valence-corrected chi connectivity index (χ3v) is 7.07. The zero-order chi connectivity index (χ0) is 20.6. The van der Waals surface area contributed by atoms with Crippen molar-refractivity contribution in [2.45, 2.75) is 24.3 Å². The molecule has 0 saturated carbocycles. The van der Waals surface area contributed by atoms with E-state index in [0.717, 1.165) is 11.3 Å². The number of carbonyl (C=O) groups excluding carboxylic acids is 1. The lowest BCUT2D eigenvalue weighted by Crippen LogP contribution is -2.35. The Labute approximate surface area is 171 Å². The topological polar surface area (TPSA) is 57.7 Å². The van der Waals surface area contributed by atoms with Crippen LogP contribution in [0.4, 0.5) is 11.4 Å². The highest BCUT2D eigenvalue weighted by atomic mass is 32.2. The first kappa shape index (κ1) is 19.2. The second-order valence-corrected chi connectivity index (χ2v) is 9.16. The molecule has 3 aromatic rings. The number of fused-ring (bicyclic) bond motifs is 1. The lowest BCUT2D eigenvalue weighted by Gasteiger charge is -2.23. The van der Waals surface area contributed by atoms with Crippen molar-refractivity contribution in [3.63, 3.8) is 0 Å². The van der Waals surface area contributed by atoms with E-state index in [1.165, 1.54) is 4.31 Å². The fourth-order valence-corrected chi connectivity index (χ4v) is 4.98. The van der Waals surface area contributed by atoms with Crippen molar-refractivity contribution in [3.8, 4) is 0 Å². The van der Waals surface area contributed by atoms with Crippen molar-refractivity contribution in [2.24, 2.45) is 0 Å². The van der Waals surface area contributed by atoms with Crippen molar-refractivity contribution < 1.29 is 13.2 Å². The van der Waals surface area contributed by atoms with Crippen LogP contribution in [0.5, 0.6) is 0 Å². The summed E-state index contributed by atoms with van der Waals surface area (Å²) in [5, 5.41) is 0. The van der Waals surface area contributed by atoms with E-state index in [4.69, 9.17) is 0 Å². The molecule has 4 rings (SSSR count). The average molecular weight is 407 g/mol. The van der Waals surface area contributed by atoms with Gasteiger partial charge in [-0.2, -0.15) is 0 Å². The van der Waals surface area contributed by atoms with Crippen molar-refractivity contribution in [1.82, 2.24) is 0 Å². The summed E-state index contributed by atoms with van der Waals surface area (Å²) in [6.45, 7) is 1.98.